The smallest absolute Gasteiger partial charge is 0.332 e. The van der Waals surface area contributed by atoms with Crippen molar-refractivity contribution in [3.8, 4) is 0 Å². The van der Waals surface area contributed by atoms with Gasteiger partial charge in [0.05, 0.1) is 0 Å². The predicted octanol–water partition coefficient (Wildman–Crippen LogP) is 6.35. The molecule has 23 heavy (non-hydrogen) atoms. The van der Waals surface area contributed by atoms with Crippen LogP contribution in [0.4, 0.5) is 0 Å². The van der Waals surface area contributed by atoms with Gasteiger partial charge in [-0.3, -0.25) is 0 Å². The van der Waals surface area contributed by atoms with Gasteiger partial charge in [0, 0.05) is 29.8 Å². The van der Waals surface area contributed by atoms with E-state index < -0.39 is 8.56 Å². The van der Waals surface area contributed by atoms with Crippen LogP contribution in [0.3, 0.4) is 0 Å². The molecule has 0 aromatic rings. The zero-order valence-corrected chi connectivity index (χ0v) is 20.1. The Balaban J connectivity index is 3.87. The van der Waals surface area contributed by atoms with Crippen molar-refractivity contribution < 1.29 is 8.85 Å². The van der Waals surface area contributed by atoms with E-state index in [2.05, 4.69) is 53.1 Å². The molecule has 0 aliphatic rings. The van der Waals surface area contributed by atoms with Gasteiger partial charge >= 0.3 is 8.56 Å². The lowest BCUT2D eigenvalue weighted by Gasteiger charge is -2.30. The van der Waals surface area contributed by atoms with Gasteiger partial charge in [-0.05, 0) is 39.8 Å². The molecule has 0 amide bonds. The molecule has 2 nitrogen and oxygen atoms in total. The molecular weight excluding hydrogens is 332 g/mol. The van der Waals surface area contributed by atoms with Crippen molar-refractivity contribution in [1.82, 2.24) is 0 Å². The zero-order valence-electron chi connectivity index (χ0n) is 17.1. The van der Waals surface area contributed by atoms with Crippen LogP contribution in [0.2, 0.25) is 51.4 Å². The third-order valence-electron chi connectivity index (χ3n) is 4.04. The van der Waals surface area contributed by atoms with Gasteiger partial charge in [0.25, 0.3) is 0 Å². The summed E-state index contributed by atoms with van der Waals surface area (Å²) in [6.07, 6.45) is 8.39. The maximum atomic E-state index is 6.29. The molecule has 2 unspecified atom stereocenters. The molecule has 2 atom stereocenters. The molecule has 0 aliphatic heterocycles. The van der Waals surface area contributed by atoms with Crippen LogP contribution in [-0.4, -0.2) is 38.4 Å². The summed E-state index contributed by atoms with van der Waals surface area (Å²) in [5.41, 5.74) is 0. The maximum Gasteiger partial charge on any atom is 0.332 e. The highest BCUT2D eigenvalue weighted by Gasteiger charge is 2.29. The molecule has 0 aliphatic carbocycles. The second-order valence-electron chi connectivity index (χ2n) is 8.16. The minimum absolute atomic E-state index is 0.0541. The number of hydrogen-bond donors (Lipinski definition) is 0. The molecule has 138 valence electrons. The molecule has 2 radical (unpaired) electrons. The molecule has 0 N–H and O–H groups in total. The first-order chi connectivity index (χ1) is 10.6. The predicted molar refractivity (Wildman–Crippen MR) is 111 cm³/mol. The van der Waals surface area contributed by atoms with Crippen molar-refractivity contribution in [2.75, 3.05) is 0 Å². The maximum absolute atomic E-state index is 6.29. The van der Waals surface area contributed by atoms with Gasteiger partial charge in [-0.25, -0.2) is 0 Å². The molecule has 0 saturated carbocycles. The average Bonchev–Trinajstić information content (AvgIpc) is 2.38. The molecule has 0 aromatic carbocycles. The van der Waals surface area contributed by atoms with Crippen LogP contribution in [0, 0.1) is 0 Å². The van der Waals surface area contributed by atoms with E-state index in [0.29, 0.717) is 12.2 Å². The van der Waals surface area contributed by atoms with Gasteiger partial charge in [-0.15, -0.1) is 0 Å². The van der Waals surface area contributed by atoms with Crippen molar-refractivity contribution in [3.63, 3.8) is 0 Å². The van der Waals surface area contributed by atoms with Gasteiger partial charge in [0.2, 0.25) is 0 Å². The molecule has 0 heterocycles. The van der Waals surface area contributed by atoms with Crippen molar-refractivity contribution in [2.45, 2.75) is 116 Å². The Bertz CT molecular complexity index is 257. The second kappa shape index (κ2) is 12.9. The Morgan fingerprint density at radius 2 is 1.04 bits per heavy atom. The van der Waals surface area contributed by atoms with Crippen LogP contribution in [0.15, 0.2) is 0 Å². The fraction of sp³-hybridized carbons (Fsp3) is 1.00. The minimum Gasteiger partial charge on any atom is -0.392 e. The van der Waals surface area contributed by atoms with Crippen LogP contribution in [0.25, 0.3) is 0 Å². The van der Waals surface area contributed by atoms with E-state index in [1.165, 1.54) is 50.6 Å². The molecular formula is C18H42O2Si3. The highest BCUT2D eigenvalue weighted by Crippen LogP contribution is 2.19. The van der Waals surface area contributed by atoms with Gasteiger partial charge in [-0.1, -0.05) is 64.0 Å². The summed E-state index contributed by atoms with van der Waals surface area (Å²) in [4.78, 5) is 0. The van der Waals surface area contributed by atoms with E-state index in [9.17, 15) is 0 Å². The van der Waals surface area contributed by atoms with Gasteiger partial charge in [0.1, 0.15) is 0 Å². The summed E-state index contributed by atoms with van der Waals surface area (Å²) < 4.78 is 12.6. The Kier molecular flexibility index (Phi) is 13.2. The molecule has 0 saturated heterocycles. The van der Waals surface area contributed by atoms with Crippen molar-refractivity contribution in [3.05, 3.63) is 0 Å². The van der Waals surface area contributed by atoms with E-state index in [-0.39, 0.29) is 17.6 Å². The summed E-state index contributed by atoms with van der Waals surface area (Å²) in [5.74, 6) is 0. The molecule has 0 spiro atoms. The summed E-state index contributed by atoms with van der Waals surface area (Å²) >= 11 is 0. The van der Waals surface area contributed by atoms with Crippen molar-refractivity contribution >= 4 is 26.2 Å². The first kappa shape index (κ1) is 23.6. The van der Waals surface area contributed by atoms with Crippen molar-refractivity contribution in [1.29, 1.82) is 0 Å². The first-order valence-electron chi connectivity index (χ1n) is 9.56. The number of hydrogen-bond acceptors (Lipinski definition) is 2. The Morgan fingerprint density at radius 3 is 1.35 bits per heavy atom. The van der Waals surface area contributed by atoms with Gasteiger partial charge in [-0.2, -0.15) is 0 Å². The van der Waals surface area contributed by atoms with Crippen LogP contribution in [0.5, 0.6) is 0 Å². The molecule has 5 heteroatoms. The quantitative estimate of drug-likeness (QED) is 0.260. The SMILES string of the molecule is CC(CCCC[Si](C)C)O[Si](C)(C)OC(C)CCCC[Si](C)C. The monoisotopic (exact) mass is 374 g/mol. The molecule has 0 rings (SSSR count). The largest absolute Gasteiger partial charge is 0.392 e. The third-order valence-corrected chi connectivity index (χ3v) is 8.69. The standard InChI is InChI=1S/C18H42O2Si3/c1-17(13-9-11-15-21(3)4)19-23(7,8)20-18(2)14-10-12-16-22(5)6/h17-18H,9-16H2,1-8H3. The topological polar surface area (TPSA) is 18.5 Å². The normalized spacial score (nSPS) is 15.4. The minimum atomic E-state index is -1.98. The Hall–Kier alpha value is 0.571. The molecule has 0 fully saturated rings. The van der Waals surface area contributed by atoms with Crippen LogP contribution in [-0.2, 0) is 8.85 Å². The van der Waals surface area contributed by atoms with Crippen LogP contribution in [0.1, 0.15) is 52.4 Å². The number of rotatable bonds is 14. The lowest BCUT2D eigenvalue weighted by Crippen LogP contribution is -2.41. The molecule has 0 bridgehead atoms. The lowest BCUT2D eigenvalue weighted by molar-refractivity contribution is 0.0900. The summed E-state index contributed by atoms with van der Waals surface area (Å²) in [6.45, 7) is 18.5. The van der Waals surface area contributed by atoms with Crippen molar-refractivity contribution in [2.24, 2.45) is 0 Å². The highest BCUT2D eigenvalue weighted by atomic mass is 28.4. The van der Waals surface area contributed by atoms with Gasteiger partial charge < -0.3 is 8.85 Å². The lowest BCUT2D eigenvalue weighted by atomic mass is 10.2. The first-order valence-corrected chi connectivity index (χ1v) is 17.8. The Labute approximate surface area is 151 Å². The summed E-state index contributed by atoms with van der Waals surface area (Å²) in [7, 11) is -2.09. The Morgan fingerprint density at radius 1 is 0.696 bits per heavy atom. The fourth-order valence-corrected chi connectivity index (χ4v) is 7.08. The zero-order chi connectivity index (χ0) is 17.9. The third kappa shape index (κ3) is 15.8. The van der Waals surface area contributed by atoms with E-state index >= 15 is 0 Å². The summed E-state index contributed by atoms with van der Waals surface area (Å²) in [6, 6.07) is 2.87. The number of unbranched alkanes of at least 4 members (excludes halogenated alkanes) is 2. The van der Waals surface area contributed by atoms with Crippen LogP contribution < -0.4 is 0 Å². The van der Waals surface area contributed by atoms with E-state index in [1.54, 1.807) is 0 Å². The van der Waals surface area contributed by atoms with Gasteiger partial charge in [0.15, 0.2) is 0 Å². The van der Waals surface area contributed by atoms with E-state index in [4.69, 9.17) is 8.85 Å². The van der Waals surface area contributed by atoms with E-state index in [1.807, 2.05) is 0 Å². The fourth-order valence-electron chi connectivity index (χ4n) is 2.94. The summed E-state index contributed by atoms with van der Waals surface area (Å²) in [5, 5.41) is 0. The average molecular weight is 375 g/mol. The molecule has 0 aromatic heterocycles. The highest BCUT2D eigenvalue weighted by molar-refractivity contribution is 6.64. The van der Waals surface area contributed by atoms with E-state index in [0.717, 1.165) is 0 Å². The van der Waals surface area contributed by atoms with Crippen LogP contribution >= 0.6 is 0 Å². The second-order valence-corrected chi connectivity index (χ2v) is 17.3.